The van der Waals surface area contributed by atoms with E-state index in [0.717, 1.165) is 12.8 Å². The molecule has 0 bridgehead atoms. The van der Waals surface area contributed by atoms with Crippen molar-refractivity contribution >= 4 is 11.8 Å². The Morgan fingerprint density at radius 2 is 1.90 bits per heavy atom. The van der Waals surface area contributed by atoms with Crippen molar-refractivity contribution in [2.75, 3.05) is 26.8 Å². The van der Waals surface area contributed by atoms with E-state index in [0.29, 0.717) is 19.5 Å². The molecular weight excluding hydrogens is 270 g/mol. The molecule has 21 heavy (non-hydrogen) atoms. The van der Waals surface area contributed by atoms with Crippen LogP contribution in [0.3, 0.4) is 0 Å². The van der Waals surface area contributed by atoms with Gasteiger partial charge < -0.3 is 20.7 Å². The highest BCUT2D eigenvalue weighted by Crippen LogP contribution is 2.20. The fourth-order valence-corrected chi connectivity index (χ4v) is 2.28. The van der Waals surface area contributed by atoms with Crippen LogP contribution < -0.4 is 11.1 Å². The van der Waals surface area contributed by atoms with Gasteiger partial charge in [0.25, 0.3) is 0 Å². The van der Waals surface area contributed by atoms with Gasteiger partial charge in [0, 0.05) is 38.7 Å². The molecule has 1 rings (SSSR count). The maximum Gasteiger partial charge on any atom is 0.248 e. The van der Waals surface area contributed by atoms with Crippen molar-refractivity contribution in [2.45, 2.75) is 52.1 Å². The molecule has 0 spiro atoms. The number of hydrogen-bond acceptors (Lipinski definition) is 4. The lowest BCUT2D eigenvalue weighted by Crippen LogP contribution is -2.49. The third kappa shape index (κ3) is 6.01. The normalized spacial score (nSPS) is 18.4. The van der Waals surface area contributed by atoms with Crippen LogP contribution in [0.1, 0.15) is 40.0 Å². The van der Waals surface area contributed by atoms with Crippen LogP contribution in [0.4, 0.5) is 0 Å². The number of carbonyl (C=O) groups is 2. The summed E-state index contributed by atoms with van der Waals surface area (Å²) in [4.78, 5) is 25.5. The fourth-order valence-electron chi connectivity index (χ4n) is 2.28. The van der Waals surface area contributed by atoms with E-state index in [-0.39, 0.29) is 35.9 Å². The molecular formula is C15H29N3O3. The maximum absolute atomic E-state index is 12.0. The fraction of sp³-hybridized carbons (Fsp3) is 0.867. The lowest BCUT2D eigenvalue weighted by molar-refractivity contribution is -0.136. The minimum atomic E-state index is -0.152. The number of amides is 2. The summed E-state index contributed by atoms with van der Waals surface area (Å²) in [7, 11) is 1.52. The first kappa shape index (κ1) is 17.9. The van der Waals surface area contributed by atoms with Crippen LogP contribution in [0, 0.1) is 5.41 Å². The number of carbonyl (C=O) groups excluding carboxylic acids is 2. The van der Waals surface area contributed by atoms with E-state index in [9.17, 15) is 9.59 Å². The van der Waals surface area contributed by atoms with Crippen LogP contribution in [0.25, 0.3) is 0 Å². The molecule has 1 saturated heterocycles. The predicted octanol–water partition coefficient (Wildman–Crippen LogP) is 0.504. The molecule has 3 N–H and O–H groups in total. The van der Waals surface area contributed by atoms with Crippen LogP contribution in [0.5, 0.6) is 0 Å². The van der Waals surface area contributed by atoms with Gasteiger partial charge >= 0.3 is 0 Å². The number of nitrogens with one attached hydrogen (secondary N) is 1. The highest BCUT2D eigenvalue weighted by Gasteiger charge is 2.26. The quantitative estimate of drug-likeness (QED) is 0.774. The van der Waals surface area contributed by atoms with Gasteiger partial charge in [-0.15, -0.1) is 0 Å². The largest absolute Gasteiger partial charge is 0.375 e. The third-order valence-corrected chi connectivity index (χ3v) is 4.00. The Morgan fingerprint density at radius 3 is 2.38 bits per heavy atom. The van der Waals surface area contributed by atoms with Crippen molar-refractivity contribution in [3.05, 3.63) is 0 Å². The van der Waals surface area contributed by atoms with Crippen LogP contribution >= 0.6 is 0 Å². The maximum atomic E-state index is 12.0. The second-order valence-electron chi connectivity index (χ2n) is 6.83. The van der Waals surface area contributed by atoms with Crippen LogP contribution in [0.15, 0.2) is 0 Å². The van der Waals surface area contributed by atoms with Gasteiger partial charge in [0.05, 0.1) is 0 Å². The van der Waals surface area contributed by atoms with E-state index >= 15 is 0 Å². The average molecular weight is 299 g/mol. The molecule has 1 unspecified atom stereocenters. The molecule has 6 nitrogen and oxygen atoms in total. The monoisotopic (exact) mass is 299 g/mol. The van der Waals surface area contributed by atoms with E-state index in [1.165, 1.54) is 7.11 Å². The minimum Gasteiger partial charge on any atom is -0.375 e. The first-order chi connectivity index (χ1) is 9.74. The molecule has 1 aliphatic heterocycles. The van der Waals surface area contributed by atoms with Gasteiger partial charge in [-0.25, -0.2) is 0 Å². The zero-order valence-corrected chi connectivity index (χ0v) is 13.6. The average Bonchev–Trinajstić information content (AvgIpc) is 2.38. The zero-order valence-electron chi connectivity index (χ0n) is 13.6. The van der Waals surface area contributed by atoms with Crippen molar-refractivity contribution in [1.29, 1.82) is 0 Å². The first-order valence-corrected chi connectivity index (χ1v) is 7.55. The van der Waals surface area contributed by atoms with Crippen molar-refractivity contribution in [1.82, 2.24) is 10.2 Å². The number of rotatable bonds is 5. The molecule has 1 fully saturated rings. The summed E-state index contributed by atoms with van der Waals surface area (Å²) < 4.78 is 4.85. The number of ether oxygens (including phenoxy) is 1. The smallest absolute Gasteiger partial charge is 0.248 e. The Balaban J connectivity index is 2.32. The van der Waals surface area contributed by atoms with Gasteiger partial charge in [-0.1, -0.05) is 20.8 Å². The lowest BCUT2D eigenvalue weighted by atomic mass is 9.85. The Labute approximate surface area is 127 Å². The molecule has 6 heteroatoms. The van der Waals surface area contributed by atoms with Crippen molar-refractivity contribution in [3.8, 4) is 0 Å². The summed E-state index contributed by atoms with van der Waals surface area (Å²) >= 11 is 0. The lowest BCUT2D eigenvalue weighted by Gasteiger charge is -2.33. The van der Waals surface area contributed by atoms with Gasteiger partial charge in [-0.2, -0.15) is 0 Å². The highest BCUT2D eigenvalue weighted by molar-refractivity contribution is 5.78. The number of hydrogen-bond donors (Lipinski definition) is 2. The highest BCUT2D eigenvalue weighted by atomic mass is 16.5. The van der Waals surface area contributed by atoms with E-state index in [1.807, 2.05) is 20.8 Å². The SMILES string of the molecule is COCC(=O)N1CCC(NC(=O)CC(N)C(C)(C)C)CC1. The second-order valence-corrected chi connectivity index (χ2v) is 6.83. The molecule has 0 aromatic rings. The van der Waals surface area contributed by atoms with Crippen molar-refractivity contribution in [2.24, 2.45) is 11.1 Å². The van der Waals surface area contributed by atoms with Gasteiger partial charge in [-0.05, 0) is 18.3 Å². The van der Waals surface area contributed by atoms with Gasteiger partial charge in [-0.3, -0.25) is 9.59 Å². The number of nitrogens with zero attached hydrogens (tertiary/aromatic N) is 1. The molecule has 1 aliphatic rings. The summed E-state index contributed by atoms with van der Waals surface area (Å²) in [6.45, 7) is 7.55. The molecule has 0 radical (unpaired) electrons. The van der Waals surface area contributed by atoms with Crippen LogP contribution in [0.2, 0.25) is 0 Å². The molecule has 0 aromatic carbocycles. The van der Waals surface area contributed by atoms with E-state index in [2.05, 4.69) is 5.32 Å². The first-order valence-electron chi connectivity index (χ1n) is 7.55. The van der Waals surface area contributed by atoms with E-state index in [4.69, 9.17) is 10.5 Å². The van der Waals surface area contributed by atoms with Gasteiger partial charge in [0.1, 0.15) is 6.61 Å². The van der Waals surface area contributed by atoms with Crippen LogP contribution in [-0.4, -0.2) is 55.6 Å². The summed E-state index contributed by atoms with van der Waals surface area (Å²) in [6, 6.07) is -0.0165. The summed E-state index contributed by atoms with van der Waals surface area (Å²) in [5, 5.41) is 3.03. The minimum absolute atomic E-state index is 0.000840. The molecule has 1 atom stereocenters. The number of piperidine rings is 1. The zero-order chi connectivity index (χ0) is 16.0. The number of likely N-dealkylation sites (tertiary alicyclic amines) is 1. The third-order valence-electron chi connectivity index (χ3n) is 4.00. The van der Waals surface area contributed by atoms with Crippen molar-refractivity contribution < 1.29 is 14.3 Å². The number of methoxy groups -OCH3 is 1. The molecule has 0 saturated carbocycles. The standard InChI is InChI=1S/C15H29N3O3/c1-15(2,3)12(16)9-13(19)17-11-5-7-18(8-6-11)14(20)10-21-4/h11-12H,5-10,16H2,1-4H3,(H,17,19). The molecule has 0 aliphatic carbocycles. The second kappa shape index (κ2) is 7.75. The topological polar surface area (TPSA) is 84.7 Å². The summed E-state index contributed by atoms with van der Waals surface area (Å²) in [5.41, 5.74) is 5.95. The summed E-state index contributed by atoms with van der Waals surface area (Å²) in [6.07, 6.45) is 1.91. The Kier molecular flexibility index (Phi) is 6.61. The Bertz CT molecular complexity index is 358. The Hall–Kier alpha value is -1.14. The summed E-state index contributed by atoms with van der Waals surface area (Å²) in [5.74, 6) is 0.0103. The molecule has 1 heterocycles. The molecule has 2 amide bonds. The number of nitrogens with two attached hydrogens (primary N) is 1. The molecule has 0 aromatic heterocycles. The van der Waals surface area contributed by atoms with Gasteiger partial charge in [0.2, 0.25) is 11.8 Å². The Morgan fingerprint density at radius 1 is 1.33 bits per heavy atom. The van der Waals surface area contributed by atoms with E-state index in [1.54, 1.807) is 4.90 Å². The van der Waals surface area contributed by atoms with E-state index < -0.39 is 0 Å². The molecule has 122 valence electrons. The van der Waals surface area contributed by atoms with Crippen LogP contribution in [-0.2, 0) is 14.3 Å². The van der Waals surface area contributed by atoms with Gasteiger partial charge in [0.15, 0.2) is 0 Å². The van der Waals surface area contributed by atoms with Crippen molar-refractivity contribution in [3.63, 3.8) is 0 Å². The predicted molar refractivity (Wildman–Crippen MR) is 81.7 cm³/mol.